The third kappa shape index (κ3) is 5.43. The van der Waals surface area contributed by atoms with Gasteiger partial charge in [0.05, 0.1) is 20.3 Å². The minimum absolute atomic E-state index is 0.0755. The van der Waals surface area contributed by atoms with Crippen molar-refractivity contribution in [1.82, 2.24) is 10.2 Å². The monoisotopic (exact) mass is 493 g/mol. The van der Waals surface area contributed by atoms with Crippen LogP contribution in [0, 0.1) is 5.92 Å². The Balaban J connectivity index is 1.19. The van der Waals surface area contributed by atoms with Crippen LogP contribution in [0.2, 0.25) is 0 Å². The van der Waals surface area contributed by atoms with Gasteiger partial charge in [0.15, 0.2) is 11.5 Å². The molecule has 8 nitrogen and oxygen atoms in total. The minimum atomic E-state index is -0.296. The van der Waals surface area contributed by atoms with Crippen LogP contribution in [-0.2, 0) is 0 Å². The Hall–Kier alpha value is -3.26. The largest absolute Gasteiger partial charge is 0.493 e. The lowest BCUT2D eigenvalue weighted by Crippen LogP contribution is -2.51. The lowest BCUT2D eigenvalue weighted by atomic mass is 9.83. The summed E-state index contributed by atoms with van der Waals surface area (Å²) in [5, 5.41) is 6.03. The molecule has 3 aliphatic heterocycles. The summed E-state index contributed by atoms with van der Waals surface area (Å²) in [6, 6.07) is 10.9. The summed E-state index contributed by atoms with van der Waals surface area (Å²) in [5.41, 5.74) is 1.59. The lowest BCUT2D eigenvalue weighted by molar-refractivity contribution is 0.0575. The highest BCUT2D eigenvalue weighted by atomic mass is 16.5. The van der Waals surface area contributed by atoms with E-state index in [1.165, 1.54) is 52.3 Å². The summed E-state index contributed by atoms with van der Waals surface area (Å²) in [6.07, 6.45) is 6.97. The Morgan fingerprint density at radius 2 is 1.75 bits per heavy atom. The third-order valence-electron chi connectivity index (χ3n) is 7.45. The Kier molecular flexibility index (Phi) is 7.60. The van der Waals surface area contributed by atoms with Crippen molar-refractivity contribution in [1.29, 1.82) is 0 Å². The van der Waals surface area contributed by atoms with Crippen molar-refractivity contribution >= 4 is 17.5 Å². The van der Waals surface area contributed by atoms with E-state index >= 15 is 0 Å². The number of amides is 2. The number of carbonyl (C=O) groups excluding carboxylic acids is 2. The number of hydrogen-bond donors (Lipinski definition) is 2. The maximum absolute atomic E-state index is 12.9. The zero-order valence-electron chi connectivity index (χ0n) is 20.9. The number of hydrogen-bond acceptors (Lipinski definition) is 6. The first-order valence-corrected chi connectivity index (χ1v) is 13.0. The molecule has 5 rings (SSSR count). The quantitative estimate of drug-likeness (QED) is 0.630. The summed E-state index contributed by atoms with van der Waals surface area (Å²) in [4.78, 5) is 28.3. The molecule has 0 radical (unpaired) electrons. The van der Waals surface area contributed by atoms with Crippen molar-refractivity contribution in [2.45, 2.75) is 44.6 Å². The molecule has 2 N–H and O–H groups in total. The fraction of sp³-hybridized carbons (Fsp3) is 0.500. The smallest absolute Gasteiger partial charge is 0.255 e. The normalized spacial score (nSPS) is 21.6. The second-order valence-electron chi connectivity index (χ2n) is 9.80. The molecule has 3 heterocycles. The number of ether oxygens (including phenoxy) is 3. The van der Waals surface area contributed by atoms with Gasteiger partial charge in [0.25, 0.3) is 11.8 Å². The molecule has 192 valence electrons. The van der Waals surface area contributed by atoms with Gasteiger partial charge in [0.1, 0.15) is 0 Å². The van der Waals surface area contributed by atoms with E-state index in [4.69, 9.17) is 14.2 Å². The van der Waals surface area contributed by atoms with E-state index in [0.29, 0.717) is 65.8 Å². The molecule has 2 aromatic rings. The zero-order chi connectivity index (χ0) is 24.9. The van der Waals surface area contributed by atoms with Gasteiger partial charge >= 0.3 is 0 Å². The Bertz CT molecular complexity index is 1090. The predicted molar refractivity (Wildman–Crippen MR) is 137 cm³/mol. The molecule has 2 atom stereocenters. The standard InChI is InChI=1S/C28H35N3O5/c1-34-24-16-21(17-25-26(24)36-15-5-14-35-25)28(33)30-22-10-8-19(9-11-22)27(32)29-18-20-6-4-13-31-12-3-2-7-23(20)31/h8-11,16-17,20,23H,2-7,12-15,18H2,1H3,(H,29,32)(H,30,33)/t20-,23+/m0/s1. The SMILES string of the molecule is COc1cc(C(=O)Nc2ccc(C(=O)NC[C@@H]3CCCN4CCCC[C@H]34)cc2)cc2c1OCCCO2. The fourth-order valence-corrected chi connectivity index (χ4v) is 5.57. The molecule has 0 aliphatic carbocycles. The van der Waals surface area contributed by atoms with Crippen LogP contribution < -0.4 is 24.8 Å². The molecule has 2 amide bonds. The van der Waals surface area contributed by atoms with Gasteiger partial charge in [-0.05, 0) is 81.1 Å². The van der Waals surface area contributed by atoms with E-state index < -0.39 is 0 Å². The molecule has 0 bridgehead atoms. The summed E-state index contributed by atoms with van der Waals surface area (Å²) in [5.74, 6) is 1.63. The predicted octanol–water partition coefficient (Wildman–Crippen LogP) is 4.10. The molecule has 0 aromatic heterocycles. The summed E-state index contributed by atoms with van der Waals surface area (Å²) < 4.78 is 16.9. The number of nitrogens with zero attached hydrogens (tertiary/aromatic N) is 1. The maximum atomic E-state index is 12.9. The van der Waals surface area contributed by atoms with Gasteiger partial charge in [-0.15, -0.1) is 0 Å². The molecule has 0 unspecified atom stereocenters. The highest BCUT2D eigenvalue weighted by Gasteiger charge is 2.33. The van der Waals surface area contributed by atoms with Crippen LogP contribution in [0.15, 0.2) is 36.4 Å². The number of fused-ring (bicyclic) bond motifs is 2. The van der Waals surface area contributed by atoms with Gasteiger partial charge in [-0.25, -0.2) is 0 Å². The van der Waals surface area contributed by atoms with Gasteiger partial charge in [-0.1, -0.05) is 6.42 Å². The molecule has 2 fully saturated rings. The van der Waals surface area contributed by atoms with Crippen LogP contribution in [0.5, 0.6) is 17.2 Å². The molecule has 3 aliphatic rings. The van der Waals surface area contributed by atoms with E-state index in [1.54, 1.807) is 36.4 Å². The van der Waals surface area contributed by atoms with Gasteiger partial charge in [-0.3, -0.25) is 9.59 Å². The van der Waals surface area contributed by atoms with Gasteiger partial charge in [0, 0.05) is 35.8 Å². The number of piperidine rings is 2. The molecule has 8 heteroatoms. The number of nitrogens with one attached hydrogen (secondary N) is 2. The minimum Gasteiger partial charge on any atom is -0.493 e. The number of methoxy groups -OCH3 is 1. The van der Waals surface area contributed by atoms with Gasteiger partial charge in [-0.2, -0.15) is 0 Å². The number of benzene rings is 2. The average Bonchev–Trinajstić information content (AvgIpc) is 3.17. The topological polar surface area (TPSA) is 89.1 Å². The van der Waals surface area contributed by atoms with Gasteiger partial charge in [0.2, 0.25) is 5.75 Å². The van der Waals surface area contributed by atoms with Crippen molar-refractivity contribution in [3.05, 3.63) is 47.5 Å². The molecule has 36 heavy (non-hydrogen) atoms. The Morgan fingerprint density at radius 1 is 0.944 bits per heavy atom. The average molecular weight is 494 g/mol. The first kappa shape index (κ1) is 24.4. The van der Waals surface area contributed by atoms with Crippen molar-refractivity contribution in [2.75, 3.05) is 45.3 Å². The molecule has 0 spiro atoms. The number of carbonyl (C=O) groups is 2. The lowest BCUT2D eigenvalue weighted by Gasteiger charge is -2.44. The first-order chi connectivity index (χ1) is 17.6. The zero-order valence-corrected chi connectivity index (χ0v) is 20.9. The second-order valence-corrected chi connectivity index (χ2v) is 9.80. The van der Waals surface area contributed by atoms with Crippen LogP contribution in [0.3, 0.4) is 0 Å². The van der Waals surface area contributed by atoms with E-state index in [1.807, 2.05) is 0 Å². The maximum Gasteiger partial charge on any atom is 0.255 e. The second kappa shape index (κ2) is 11.2. The summed E-state index contributed by atoms with van der Waals surface area (Å²) in [6.45, 7) is 4.16. The fourth-order valence-electron chi connectivity index (χ4n) is 5.57. The summed E-state index contributed by atoms with van der Waals surface area (Å²) >= 11 is 0. The molecule has 0 saturated carbocycles. The van der Waals surface area contributed by atoms with E-state index in [-0.39, 0.29) is 11.8 Å². The van der Waals surface area contributed by atoms with E-state index in [9.17, 15) is 9.59 Å². The van der Waals surface area contributed by atoms with Crippen LogP contribution in [0.25, 0.3) is 0 Å². The molecule has 2 aromatic carbocycles. The van der Waals surface area contributed by atoms with Crippen molar-refractivity contribution in [3.8, 4) is 17.2 Å². The number of rotatable bonds is 6. The van der Waals surface area contributed by atoms with Gasteiger partial charge < -0.3 is 29.7 Å². The first-order valence-electron chi connectivity index (χ1n) is 13.0. The Morgan fingerprint density at radius 3 is 2.58 bits per heavy atom. The Labute approximate surface area is 212 Å². The van der Waals surface area contributed by atoms with Crippen LogP contribution in [-0.4, -0.2) is 62.7 Å². The molecular weight excluding hydrogens is 458 g/mol. The van der Waals surface area contributed by atoms with Crippen molar-refractivity contribution in [3.63, 3.8) is 0 Å². The third-order valence-corrected chi connectivity index (χ3v) is 7.45. The highest BCUT2D eigenvalue weighted by molar-refractivity contribution is 6.05. The van der Waals surface area contributed by atoms with E-state index in [0.717, 1.165) is 6.42 Å². The van der Waals surface area contributed by atoms with Crippen LogP contribution in [0.4, 0.5) is 5.69 Å². The summed E-state index contributed by atoms with van der Waals surface area (Å²) in [7, 11) is 1.54. The van der Waals surface area contributed by atoms with E-state index in [2.05, 4.69) is 15.5 Å². The van der Waals surface area contributed by atoms with Crippen LogP contribution in [0.1, 0.15) is 59.2 Å². The molecule has 2 saturated heterocycles. The highest BCUT2D eigenvalue weighted by Crippen LogP contribution is 2.40. The number of anilines is 1. The van der Waals surface area contributed by atoms with Crippen molar-refractivity contribution < 1.29 is 23.8 Å². The van der Waals surface area contributed by atoms with Crippen LogP contribution >= 0.6 is 0 Å². The van der Waals surface area contributed by atoms with Crippen molar-refractivity contribution in [2.24, 2.45) is 5.92 Å². The molecular formula is C28H35N3O5.